The number of rotatable bonds is 0. The number of hydrogen-bond acceptors (Lipinski definition) is 2. The van der Waals surface area contributed by atoms with Crippen molar-refractivity contribution in [2.45, 2.75) is 45.4 Å². The quantitative estimate of drug-likeness (QED) is 0.447. The van der Waals surface area contributed by atoms with Gasteiger partial charge in [-0.05, 0) is 27.2 Å². The Hall–Kier alpha value is -0.0800. The lowest BCUT2D eigenvalue weighted by Gasteiger charge is -2.06. The molecule has 2 saturated heterocycles. The summed E-state index contributed by atoms with van der Waals surface area (Å²) in [6.45, 7) is 6.88. The zero-order chi connectivity index (χ0) is 6.59. The van der Waals surface area contributed by atoms with Gasteiger partial charge in [-0.25, -0.2) is 10.0 Å². The molecule has 2 unspecified atom stereocenters. The molecule has 2 aliphatic heterocycles. The summed E-state index contributed by atoms with van der Waals surface area (Å²) in [6, 6.07) is 1.60. The van der Waals surface area contributed by atoms with Crippen LogP contribution in [-0.2, 0) is 0 Å². The molecule has 0 aliphatic carbocycles. The Kier molecular flexibility index (Phi) is 0.945. The Morgan fingerprint density at radius 1 is 1.00 bits per heavy atom. The minimum absolute atomic E-state index is 0.740. The summed E-state index contributed by atoms with van der Waals surface area (Å²) >= 11 is 0. The van der Waals surface area contributed by atoms with Gasteiger partial charge in [-0.3, -0.25) is 0 Å². The van der Waals surface area contributed by atoms with Crippen LogP contribution in [0.1, 0.15) is 27.2 Å². The molecule has 2 fully saturated rings. The summed E-state index contributed by atoms with van der Waals surface area (Å²) in [4.78, 5) is 0. The summed E-state index contributed by atoms with van der Waals surface area (Å²) in [6.07, 6.45) is 2.09. The van der Waals surface area contributed by atoms with Crippen LogP contribution in [0.25, 0.3) is 0 Å². The number of nitrogens with zero attached hydrogens (tertiary/aromatic N) is 2. The lowest BCUT2D eigenvalue weighted by molar-refractivity contribution is 0.326. The minimum atomic E-state index is 0.740. The van der Waals surface area contributed by atoms with Crippen LogP contribution in [0.15, 0.2) is 0 Å². The van der Waals surface area contributed by atoms with Gasteiger partial charge < -0.3 is 0 Å². The van der Waals surface area contributed by atoms with E-state index in [1.807, 2.05) is 0 Å². The first-order chi connectivity index (χ1) is 4.22. The lowest BCUT2D eigenvalue weighted by Crippen LogP contribution is -2.16. The summed E-state index contributed by atoms with van der Waals surface area (Å²) < 4.78 is 0. The molecule has 0 saturated carbocycles. The van der Waals surface area contributed by atoms with Crippen molar-refractivity contribution in [3.05, 3.63) is 0 Å². The van der Waals surface area contributed by atoms with E-state index in [4.69, 9.17) is 0 Å². The van der Waals surface area contributed by atoms with Crippen molar-refractivity contribution in [3.8, 4) is 0 Å². The highest BCUT2D eigenvalue weighted by atomic mass is 15.9. The fraction of sp³-hybridized carbons (Fsp3) is 1.00. The standard InChI is InChI=1S/C7H14N2/c1-5-4-6(2)9-7(3)8(5)9/h5-7H,4H2,1-3H3/t5-,6-,7?,8?,9?/m0/s1. The first-order valence-corrected chi connectivity index (χ1v) is 3.78. The van der Waals surface area contributed by atoms with Crippen LogP contribution in [0, 0.1) is 0 Å². The Bertz CT molecular complexity index is 121. The van der Waals surface area contributed by atoms with Crippen molar-refractivity contribution in [2.24, 2.45) is 0 Å². The Morgan fingerprint density at radius 2 is 1.44 bits per heavy atom. The van der Waals surface area contributed by atoms with Crippen LogP contribution >= 0.6 is 0 Å². The van der Waals surface area contributed by atoms with E-state index in [0.717, 1.165) is 18.2 Å². The molecule has 0 bridgehead atoms. The lowest BCUT2D eigenvalue weighted by atomic mass is 10.1. The third-order valence-corrected chi connectivity index (χ3v) is 2.56. The van der Waals surface area contributed by atoms with E-state index in [9.17, 15) is 0 Å². The third kappa shape index (κ3) is 0.578. The Morgan fingerprint density at radius 3 is 1.67 bits per heavy atom. The van der Waals surface area contributed by atoms with Crippen LogP contribution in [0.3, 0.4) is 0 Å². The maximum Gasteiger partial charge on any atom is 0.0872 e. The molecule has 0 N–H and O–H groups in total. The molecule has 0 radical (unpaired) electrons. The molecule has 0 aromatic rings. The van der Waals surface area contributed by atoms with Crippen LogP contribution in [0.4, 0.5) is 0 Å². The molecule has 52 valence electrons. The molecule has 2 aliphatic rings. The number of hydrazine groups is 1. The minimum Gasteiger partial charge on any atom is -0.219 e. The highest BCUT2D eigenvalue weighted by Crippen LogP contribution is 2.40. The van der Waals surface area contributed by atoms with Crippen LogP contribution in [0.2, 0.25) is 0 Å². The molecule has 9 heavy (non-hydrogen) atoms. The van der Waals surface area contributed by atoms with E-state index in [1.165, 1.54) is 6.42 Å². The average molecular weight is 126 g/mol. The zero-order valence-corrected chi connectivity index (χ0v) is 6.33. The van der Waals surface area contributed by atoms with Crippen molar-refractivity contribution >= 4 is 0 Å². The predicted octanol–water partition coefficient (Wildman–Crippen LogP) is 1.05. The van der Waals surface area contributed by atoms with E-state index >= 15 is 0 Å². The van der Waals surface area contributed by atoms with Gasteiger partial charge in [-0.2, -0.15) is 0 Å². The smallest absolute Gasteiger partial charge is 0.0872 e. The third-order valence-electron chi connectivity index (χ3n) is 2.56. The molecular formula is C7H14N2. The van der Waals surface area contributed by atoms with Crippen molar-refractivity contribution in [1.29, 1.82) is 0 Å². The summed E-state index contributed by atoms with van der Waals surface area (Å²) in [7, 11) is 0. The van der Waals surface area contributed by atoms with Gasteiger partial charge in [0.2, 0.25) is 0 Å². The molecule has 2 heterocycles. The first-order valence-electron chi connectivity index (χ1n) is 3.78. The topological polar surface area (TPSA) is 6.02 Å². The first kappa shape index (κ1) is 5.69. The van der Waals surface area contributed by atoms with Gasteiger partial charge in [0.25, 0.3) is 0 Å². The van der Waals surface area contributed by atoms with Crippen LogP contribution in [-0.4, -0.2) is 28.3 Å². The van der Waals surface area contributed by atoms with E-state index in [0.29, 0.717) is 0 Å². The van der Waals surface area contributed by atoms with Crippen molar-refractivity contribution in [1.82, 2.24) is 10.0 Å². The second-order valence-corrected chi connectivity index (χ2v) is 3.33. The van der Waals surface area contributed by atoms with Crippen LogP contribution in [0.5, 0.6) is 0 Å². The second kappa shape index (κ2) is 1.50. The van der Waals surface area contributed by atoms with E-state index < -0.39 is 0 Å². The fourth-order valence-corrected chi connectivity index (χ4v) is 2.20. The zero-order valence-electron chi connectivity index (χ0n) is 6.33. The molecule has 0 aromatic carbocycles. The highest BCUT2D eigenvalue weighted by molar-refractivity contribution is 4.95. The van der Waals surface area contributed by atoms with Gasteiger partial charge in [0.05, 0.1) is 6.17 Å². The molecule has 2 heteroatoms. The van der Waals surface area contributed by atoms with Crippen molar-refractivity contribution in [2.75, 3.05) is 0 Å². The average Bonchev–Trinajstić information content (AvgIpc) is 2.30. The molecule has 0 aromatic heterocycles. The molecule has 2 rings (SSSR count). The van der Waals surface area contributed by atoms with Gasteiger partial charge in [-0.1, -0.05) is 0 Å². The van der Waals surface area contributed by atoms with Crippen molar-refractivity contribution in [3.63, 3.8) is 0 Å². The molecule has 2 nitrogen and oxygen atoms in total. The summed E-state index contributed by atoms with van der Waals surface area (Å²) in [5.41, 5.74) is 0. The van der Waals surface area contributed by atoms with Gasteiger partial charge >= 0.3 is 0 Å². The van der Waals surface area contributed by atoms with Gasteiger partial charge in [-0.15, -0.1) is 0 Å². The fourth-order valence-electron chi connectivity index (χ4n) is 2.20. The molecule has 4 atom stereocenters. The predicted molar refractivity (Wildman–Crippen MR) is 36.7 cm³/mol. The Balaban J connectivity index is 2.10. The molecular weight excluding hydrogens is 112 g/mol. The Labute approximate surface area is 56.4 Å². The summed E-state index contributed by atoms with van der Waals surface area (Å²) in [5.74, 6) is 0. The van der Waals surface area contributed by atoms with Crippen LogP contribution < -0.4 is 0 Å². The highest BCUT2D eigenvalue weighted by Gasteiger charge is 2.52. The maximum absolute atomic E-state index is 2.46. The monoisotopic (exact) mass is 126 g/mol. The van der Waals surface area contributed by atoms with Gasteiger partial charge in [0, 0.05) is 12.1 Å². The normalized spacial score (nSPS) is 63.7. The largest absolute Gasteiger partial charge is 0.219 e. The van der Waals surface area contributed by atoms with Gasteiger partial charge in [0.1, 0.15) is 0 Å². The molecule has 0 amide bonds. The van der Waals surface area contributed by atoms with Gasteiger partial charge in [0.15, 0.2) is 0 Å². The molecule has 0 spiro atoms. The SMILES string of the molecule is CC1N2[C@@H](C)C[C@H](C)N12. The van der Waals surface area contributed by atoms with E-state index in [-0.39, 0.29) is 0 Å². The van der Waals surface area contributed by atoms with E-state index in [1.54, 1.807) is 0 Å². The second-order valence-electron chi connectivity index (χ2n) is 3.33. The van der Waals surface area contributed by atoms with Crippen molar-refractivity contribution < 1.29 is 0 Å². The number of hydrogen-bond donors (Lipinski definition) is 0. The summed E-state index contributed by atoms with van der Waals surface area (Å²) in [5, 5.41) is 4.93. The maximum atomic E-state index is 2.46. The van der Waals surface area contributed by atoms with E-state index in [2.05, 4.69) is 30.8 Å². The number of fused-ring (bicyclic) bond motifs is 1.